The summed E-state index contributed by atoms with van der Waals surface area (Å²) in [4.78, 5) is 59.3. The van der Waals surface area contributed by atoms with Crippen LogP contribution in [0, 0.1) is 0 Å². The Morgan fingerprint density at radius 2 is 1.70 bits per heavy atom. The molecule has 13 nitrogen and oxygen atoms in total. The zero-order valence-corrected chi connectivity index (χ0v) is 23.4. The molecule has 0 spiro atoms. The fourth-order valence-electron chi connectivity index (χ4n) is 2.65. The molecule has 15 heteroatoms. The average molecular weight is 562 g/mol. The second-order valence-corrected chi connectivity index (χ2v) is 12.2. The molecular weight excluding hydrogens is 530 g/mol. The molecular formula is C22H32ClN5O8S. The first kappa shape index (κ1) is 30.3. The number of nitrogens with one attached hydrogen (secondary N) is 3. The summed E-state index contributed by atoms with van der Waals surface area (Å²) < 4.78 is 10.5. The number of anilines is 1. The van der Waals surface area contributed by atoms with Gasteiger partial charge >= 0.3 is 12.1 Å². The Labute approximate surface area is 223 Å². The van der Waals surface area contributed by atoms with Gasteiger partial charge in [0.05, 0.1) is 12.6 Å². The molecule has 1 saturated heterocycles. The molecule has 3 amide bonds. The van der Waals surface area contributed by atoms with Crippen molar-refractivity contribution in [2.45, 2.75) is 84.3 Å². The first-order chi connectivity index (χ1) is 16.8. The molecule has 2 atom stereocenters. The summed E-state index contributed by atoms with van der Waals surface area (Å²) in [5.41, 5.74) is -3.87. The molecule has 1 aliphatic rings. The molecule has 0 saturated carbocycles. The highest BCUT2D eigenvalue weighted by atomic mass is 35.5. The summed E-state index contributed by atoms with van der Waals surface area (Å²) in [7, 11) is 0. The van der Waals surface area contributed by atoms with Crippen molar-refractivity contribution >= 4 is 57.7 Å². The van der Waals surface area contributed by atoms with Gasteiger partial charge < -0.3 is 30.1 Å². The predicted octanol–water partition coefficient (Wildman–Crippen LogP) is 1.96. The van der Waals surface area contributed by atoms with Crippen LogP contribution in [0.3, 0.4) is 0 Å². The van der Waals surface area contributed by atoms with E-state index in [0.29, 0.717) is 0 Å². The van der Waals surface area contributed by atoms with E-state index in [1.165, 1.54) is 13.8 Å². The summed E-state index contributed by atoms with van der Waals surface area (Å²) >= 11 is 7.13. The van der Waals surface area contributed by atoms with Crippen LogP contribution in [-0.2, 0) is 28.7 Å². The van der Waals surface area contributed by atoms with Crippen LogP contribution in [-0.4, -0.2) is 75.2 Å². The molecule has 2 rings (SSSR count). The van der Waals surface area contributed by atoms with Crippen molar-refractivity contribution in [2.75, 3.05) is 11.9 Å². The summed E-state index contributed by atoms with van der Waals surface area (Å²) in [5.74, 6) is -2.19. The van der Waals surface area contributed by atoms with Gasteiger partial charge in [-0.2, -0.15) is 0 Å². The second-order valence-electron chi connectivity index (χ2n) is 10.6. The highest BCUT2D eigenvalue weighted by Crippen LogP contribution is 2.30. The Hall–Kier alpha value is -2.97. The number of ether oxygens (including phenoxy) is 2. The number of rotatable bonds is 8. The molecule has 1 aliphatic heterocycles. The van der Waals surface area contributed by atoms with Crippen molar-refractivity contribution in [3.8, 4) is 0 Å². The lowest BCUT2D eigenvalue weighted by Gasteiger charge is -2.35. The number of hydrogen-bond donors (Lipinski definition) is 4. The first-order valence-electron chi connectivity index (χ1n) is 11.2. The van der Waals surface area contributed by atoms with Gasteiger partial charge in [0.2, 0.25) is 11.5 Å². The maximum atomic E-state index is 13.1. The van der Waals surface area contributed by atoms with Crippen LogP contribution in [0.25, 0.3) is 0 Å². The zero-order chi connectivity index (χ0) is 28.3. The molecule has 2 heterocycles. The molecule has 0 aliphatic carbocycles. The number of aliphatic hydroxyl groups excluding tert-OH is 1. The van der Waals surface area contributed by atoms with Gasteiger partial charge in [-0.25, -0.2) is 14.6 Å². The van der Waals surface area contributed by atoms with E-state index in [-0.39, 0.29) is 15.2 Å². The van der Waals surface area contributed by atoms with Gasteiger partial charge in [-0.3, -0.25) is 14.9 Å². The van der Waals surface area contributed by atoms with Crippen LogP contribution < -0.4 is 16.0 Å². The number of nitrogens with zero attached hydrogens (tertiary/aromatic N) is 2. The minimum atomic E-state index is -1.62. The van der Waals surface area contributed by atoms with Crippen molar-refractivity contribution in [2.24, 2.45) is 5.16 Å². The number of carbonyl (C=O) groups excluding carboxylic acids is 4. The lowest BCUT2D eigenvalue weighted by Crippen LogP contribution is -2.70. The van der Waals surface area contributed by atoms with Crippen molar-refractivity contribution in [1.82, 2.24) is 15.6 Å². The smallest absolute Gasteiger partial charge is 0.413 e. The number of hydrogen-bond acceptors (Lipinski definition) is 11. The Bertz CT molecular complexity index is 1090. The van der Waals surface area contributed by atoms with Crippen molar-refractivity contribution in [1.29, 1.82) is 0 Å². The van der Waals surface area contributed by atoms with E-state index in [1.807, 2.05) is 0 Å². The summed E-state index contributed by atoms with van der Waals surface area (Å²) in [6.07, 6.45) is -0.799. The fourth-order valence-corrected chi connectivity index (χ4v) is 3.68. The molecule has 37 heavy (non-hydrogen) atoms. The van der Waals surface area contributed by atoms with Gasteiger partial charge in [0.1, 0.15) is 27.3 Å². The van der Waals surface area contributed by atoms with E-state index in [4.69, 9.17) is 25.9 Å². The number of oxime groups is 1. The molecule has 206 valence electrons. The number of aromatic nitrogens is 1. The monoisotopic (exact) mass is 561 g/mol. The average Bonchev–Trinajstić information content (AvgIpc) is 3.06. The molecule has 1 aromatic heterocycles. The van der Waals surface area contributed by atoms with E-state index in [2.05, 4.69) is 26.1 Å². The Balaban J connectivity index is 2.37. The molecule has 1 fully saturated rings. The van der Waals surface area contributed by atoms with Crippen molar-refractivity contribution in [3.05, 3.63) is 10.0 Å². The highest BCUT2D eigenvalue weighted by Gasteiger charge is 2.42. The van der Waals surface area contributed by atoms with E-state index in [0.717, 1.165) is 11.3 Å². The third-order valence-electron chi connectivity index (χ3n) is 4.38. The van der Waals surface area contributed by atoms with Crippen LogP contribution in [0.5, 0.6) is 0 Å². The third-order valence-corrected chi connectivity index (χ3v) is 5.55. The summed E-state index contributed by atoms with van der Waals surface area (Å²) in [6, 6.07) is -1.74. The van der Waals surface area contributed by atoms with Crippen LogP contribution in [0.4, 0.5) is 9.93 Å². The van der Waals surface area contributed by atoms with Gasteiger partial charge in [-0.05, 0) is 55.4 Å². The first-order valence-corrected chi connectivity index (χ1v) is 12.4. The number of halogens is 1. The summed E-state index contributed by atoms with van der Waals surface area (Å²) in [6.45, 7) is 12.5. The Kier molecular flexibility index (Phi) is 9.15. The van der Waals surface area contributed by atoms with Crippen LogP contribution in [0.2, 0.25) is 4.34 Å². The van der Waals surface area contributed by atoms with E-state index < -0.39 is 65.1 Å². The van der Waals surface area contributed by atoms with E-state index in [1.54, 1.807) is 41.5 Å². The summed E-state index contributed by atoms with van der Waals surface area (Å²) in [5, 5.41) is 20.5. The van der Waals surface area contributed by atoms with Crippen LogP contribution in [0.15, 0.2) is 5.16 Å². The van der Waals surface area contributed by atoms with E-state index >= 15 is 0 Å². The fraction of sp³-hybridized carbons (Fsp3) is 0.636. The van der Waals surface area contributed by atoms with Gasteiger partial charge in [0.25, 0.3) is 5.91 Å². The lowest BCUT2D eigenvalue weighted by molar-refractivity contribution is -0.179. The van der Waals surface area contributed by atoms with Crippen LogP contribution >= 0.6 is 22.9 Å². The quantitative estimate of drug-likeness (QED) is 0.160. The number of thiazole rings is 1. The lowest BCUT2D eigenvalue weighted by atomic mass is 9.99. The molecule has 0 aromatic carbocycles. The minimum absolute atomic E-state index is 0.00391. The van der Waals surface area contributed by atoms with Gasteiger partial charge in [0, 0.05) is 0 Å². The standard InChI is InChI=1S/C22H32ClN5O8S/c1-20(2,3)34-17(32)22(7,8)36-28-13(16(31)25-11-10(9-29)24-15(11)30)12-14(23)37-18(26-12)27-19(33)35-21(4,5)6/h10-11,29H,9H2,1-8H3,(H,24,30)(H,25,31)(H,26,27,33)/b28-13-/t10-,11-/m0/s1. The van der Waals surface area contributed by atoms with E-state index in [9.17, 15) is 24.3 Å². The highest BCUT2D eigenvalue weighted by molar-refractivity contribution is 7.20. The van der Waals surface area contributed by atoms with Crippen LogP contribution in [0.1, 0.15) is 61.1 Å². The zero-order valence-electron chi connectivity index (χ0n) is 21.8. The maximum Gasteiger partial charge on any atom is 0.413 e. The second kappa shape index (κ2) is 11.2. The Morgan fingerprint density at radius 1 is 1.11 bits per heavy atom. The molecule has 0 radical (unpaired) electrons. The maximum absolute atomic E-state index is 13.1. The van der Waals surface area contributed by atoms with Gasteiger partial charge in [0.15, 0.2) is 10.8 Å². The number of amides is 3. The Morgan fingerprint density at radius 3 is 2.22 bits per heavy atom. The molecule has 1 aromatic rings. The van der Waals surface area contributed by atoms with Gasteiger partial charge in [-0.15, -0.1) is 0 Å². The number of esters is 1. The molecule has 4 N–H and O–H groups in total. The largest absolute Gasteiger partial charge is 0.457 e. The number of β-lactam (4-membered cyclic amide) rings is 1. The van der Waals surface area contributed by atoms with Crippen molar-refractivity contribution < 1.29 is 38.6 Å². The van der Waals surface area contributed by atoms with Gasteiger partial charge in [-0.1, -0.05) is 28.1 Å². The third kappa shape index (κ3) is 8.54. The molecule has 0 bridgehead atoms. The normalized spacial score (nSPS) is 18.3. The SMILES string of the molecule is CC(C)(C)OC(=O)Nc1nc(/C(=N/OC(C)(C)C(=O)OC(C)(C)C)C(=O)N[C@@H]2C(=O)N[C@H]2CO)c(Cl)s1. The molecule has 0 unspecified atom stereocenters. The van der Waals surface area contributed by atoms with Crippen molar-refractivity contribution in [3.63, 3.8) is 0 Å². The number of carbonyl (C=O) groups is 4. The minimum Gasteiger partial charge on any atom is -0.457 e. The number of aliphatic hydroxyl groups is 1. The predicted molar refractivity (Wildman–Crippen MR) is 135 cm³/mol. The topological polar surface area (TPSA) is 178 Å².